The quantitative estimate of drug-likeness (QED) is 0.674. The van der Waals surface area contributed by atoms with Gasteiger partial charge in [0.15, 0.2) is 0 Å². The normalized spacial score (nSPS) is 29.8. The van der Waals surface area contributed by atoms with E-state index < -0.39 is 0 Å². The largest absolute Gasteiger partial charge is 0.300 e. The Kier molecular flexibility index (Phi) is 3.08. The van der Waals surface area contributed by atoms with Crippen molar-refractivity contribution in [3.05, 3.63) is 0 Å². The molecule has 2 amide bonds. The van der Waals surface area contributed by atoms with Crippen molar-refractivity contribution in [2.45, 2.75) is 39.0 Å². The van der Waals surface area contributed by atoms with E-state index in [1.807, 2.05) is 6.92 Å². The highest BCUT2D eigenvalue weighted by Crippen LogP contribution is 2.36. The summed E-state index contributed by atoms with van der Waals surface area (Å²) in [5.41, 5.74) is 0. The molecule has 2 atom stereocenters. The minimum Gasteiger partial charge on any atom is -0.300 e. The Morgan fingerprint density at radius 2 is 1.88 bits per heavy atom. The van der Waals surface area contributed by atoms with Gasteiger partial charge in [-0.25, -0.2) is 0 Å². The molecule has 0 aromatic rings. The Balaban J connectivity index is 2.11. The summed E-state index contributed by atoms with van der Waals surface area (Å²) in [6, 6.07) is 0. The number of carbonyl (C=O) groups excluding carboxylic acids is 3. The number of carbonyl (C=O) groups is 3. The van der Waals surface area contributed by atoms with Gasteiger partial charge in [-0.05, 0) is 12.8 Å². The molecule has 2 rings (SSSR count). The van der Waals surface area contributed by atoms with Crippen molar-refractivity contribution in [3.63, 3.8) is 0 Å². The predicted octanol–water partition coefficient (Wildman–Crippen LogP) is 1.14. The first kappa shape index (κ1) is 11.3. The van der Waals surface area contributed by atoms with Crippen LogP contribution in [-0.4, -0.2) is 29.0 Å². The van der Waals surface area contributed by atoms with Crippen molar-refractivity contribution in [1.29, 1.82) is 0 Å². The molecule has 88 valence electrons. The molecule has 0 bridgehead atoms. The Labute approximate surface area is 95.0 Å². The van der Waals surface area contributed by atoms with E-state index >= 15 is 0 Å². The molecular formula is C12H17NO3. The number of nitrogens with zero attached hydrogens (tertiary/aromatic N) is 1. The Hall–Kier alpha value is -1.19. The summed E-state index contributed by atoms with van der Waals surface area (Å²) in [5.74, 6) is -0.583. The summed E-state index contributed by atoms with van der Waals surface area (Å²) in [6.07, 6.45) is 3.12. The maximum atomic E-state index is 12.0. The summed E-state index contributed by atoms with van der Waals surface area (Å²) in [6.45, 7) is 2.55. The number of imide groups is 1. The zero-order chi connectivity index (χ0) is 11.7. The van der Waals surface area contributed by atoms with Crippen LogP contribution in [0.25, 0.3) is 0 Å². The minimum absolute atomic E-state index is 0.0454. The maximum absolute atomic E-state index is 12.0. The second-order valence-corrected chi connectivity index (χ2v) is 4.68. The van der Waals surface area contributed by atoms with Crippen molar-refractivity contribution in [2.24, 2.45) is 11.8 Å². The van der Waals surface area contributed by atoms with E-state index in [1.54, 1.807) is 0 Å². The topological polar surface area (TPSA) is 54.5 Å². The molecule has 16 heavy (non-hydrogen) atoms. The molecule has 0 aromatic carbocycles. The van der Waals surface area contributed by atoms with Crippen LogP contribution < -0.4 is 0 Å². The number of fused-ring (bicyclic) bond motifs is 1. The molecule has 2 fully saturated rings. The van der Waals surface area contributed by atoms with Crippen LogP contribution in [0.15, 0.2) is 0 Å². The van der Waals surface area contributed by atoms with Gasteiger partial charge >= 0.3 is 0 Å². The van der Waals surface area contributed by atoms with E-state index in [9.17, 15) is 14.4 Å². The SMILES string of the molecule is CCCCN1C(=O)C2CCC(=O)CC2C1=O. The van der Waals surface area contributed by atoms with Crippen LogP contribution in [0.5, 0.6) is 0 Å². The molecule has 0 aromatic heterocycles. The van der Waals surface area contributed by atoms with Crippen molar-refractivity contribution < 1.29 is 14.4 Å². The lowest BCUT2D eigenvalue weighted by Crippen LogP contribution is -2.32. The van der Waals surface area contributed by atoms with Crippen molar-refractivity contribution in [1.82, 2.24) is 4.90 Å². The summed E-state index contributed by atoms with van der Waals surface area (Å²) in [7, 11) is 0. The number of Topliss-reactive ketones (excluding diaryl/α,β-unsaturated/α-hetero) is 1. The monoisotopic (exact) mass is 223 g/mol. The summed E-state index contributed by atoms with van der Waals surface area (Å²) in [4.78, 5) is 36.6. The van der Waals surface area contributed by atoms with Crippen LogP contribution in [0.1, 0.15) is 39.0 Å². The first-order valence-electron chi connectivity index (χ1n) is 6.02. The van der Waals surface area contributed by atoms with Crippen LogP contribution in [0, 0.1) is 11.8 Å². The number of rotatable bonds is 3. The molecule has 2 aliphatic rings. The van der Waals surface area contributed by atoms with E-state index in [1.165, 1.54) is 4.90 Å². The van der Waals surface area contributed by atoms with Gasteiger partial charge in [0.1, 0.15) is 5.78 Å². The van der Waals surface area contributed by atoms with E-state index in [0.29, 0.717) is 19.4 Å². The van der Waals surface area contributed by atoms with Crippen molar-refractivity contribution >= 4 is 17.6 Å². The molecule has 2 unspecified atom stereocenters. The summed E-state index contributed by atoms with van der Waals surface area (Å²) < 4.78 is 0. The Morgan fingerprint density at radius 1 is 1.19 bits per heavy atom. The first-order chi connectivity index (χ1) is 7.65. The van der Waals surface area contributed by atoms with Crippen molar-refractivity contribution in [3.8, 4) is 0 Å². The third-order valence-electron chi connectivity index (χ3n) is 3.57. The van der Waals surface area contributed by atoms with Gasteiger partial charge in [0.05, 0.1) is 11.8 Å². The fourth-order valence-electron chi connectivity index (χ4n) is 2.61. The summed E-state index contributed by atoms with van der Waals surface area (Å²) in [5, 5.41) is 0. The number of hydrogen-bond acceptors (Lipinski definition) is 3. The highest BCUT2D eigenvalue weighted by Gasteiger charge is 2.49. The molecule has 1 saturated carbocycles. The van der Waals surface area contributed by atoms with Gasteiger partial charge in [0, 0.05) is 19.4 Å². The van der Waals surface area contributed by atoms with E-state index in [4.69, 9.17) is 0 Å². The lowest BCUT2D eigenvalue weighted by Gasteiger charge is -2.18. The van der Waals surface area contributed by atoms with Crippen LogP contribution in [0.2, 0.25) is 0 Å². The molecule has 4 heteroatoms. The maximum Gasteiger partial charge on any atom is 0.233 e. The second kappa shape index (κ2) is 4.36. The molecule has 0 spiro atoms. The molecule has 4 nitrogen and oxygen atoms in total. The van der Waals surface area contributed by atoms with Gasteiger partial charge in [0.25, 0.3) is 0 Å². The van der Waals surface area contributed by atoms with Crippen LogP contribution >= 0.6 is 0 Å². The van der Waals surface area contributed by atoms with Gasteiger partial charge in [-0.3, -0.25) is 19.3 Å². The summed E-state index contributed by atoms with van der Waals surface area (Å²) >= 11 is 0. The van der Waals surface area contributed by atoms with Crippen LogP contribution in [0.3, 0.4) is 0 Å². The number of hydrogen-bond donors (Lipinski definition) is 0. The van der Waals surface area contributed by atoms with Crippen LogP contribution in [0.4, 0.5) is 0 Å². The molecule has 0 radical (unpaired) electrons. The standard InChI is InChI=1S/C12H17NO3/c1-2-3-6-13-11(15)9-5-4-8(14)7-10(9)12(13)16/h9-10H,2-7H2,1H3. The molecular weight excluding hydrogens is 206 g/mol. The van der Waals surface area contributed by atoms with Gasteiger partial charge in [-0.1, -0.05) is 13.3 Å². The predicted molar refractivity (Wildman–Crippen MR) is 57.5 cm³/mol. The third kappa shape index (κ3) is 1.77. The van der Waals surface area contributed by atoms with E-state index in [0.717, 1.165) is 12.8 Å². The Morgan fingerprint density at radius 3 is 2.56 bits per heavy atom. The highest BCUT2D eigenvalue weighted by atomic mass is 16.2. The number of ketones is 1. The fourth-order valence-corrected chi connectivity index (χ4v) is 2.61. The number of unbranched alkanes of at least 4 members (excludes halogenated alkanes) is 1. The lowest BCUT2D eigenvalue weighted by molar-refractivity contribution is -0.140. The number of amides is 2. The van der Waals surface area contributed by atoms with Gasteiger partial charge in [-0.2, -0.15) is 0 Å². The molecule has 1 aliphatic carbocycles. The van der Waals surface area contributed by atoms with Gasteiger partial charge in [0.2, 0.25) is 11.8 Å². The molecule has 1 aliphatic heterocycles. The smallest absolute Gasteiger partial charge is 0.233 e. The lowest BCUT2D eigenvalue weighted by atomic mass is 9.80. The van der Waals surface area contributed by atoms with Gasteiger partial charge < -0.3 is 0 Å². The average Bonchev–Trinajstić information content (AvgIpc) is 2.50. The van der Waals surface area contributed by atoms with E-state index in [2.05, 4.69) is 0 Å². The number of likely N-dealkylation sites (tertiary alicyclic amines) is 1. The van der Waals surface area contributed by atoms with Gasteiger partial charge in [-0.15, -0.1) is 0 Å². The first-order valence-corrected chi connectivity index (χ1v) is 6.02. The zero-order valence-corrected chi connectivity index (χ0v) is 9.57. The van der Waals surface area contributed by atoms with E-state index in [-0.39, 0.29) is 35.9 Å². The second-order valence-electron chi connectivity index (χ2n) is 4.68. The average molecular weight is 223 g/mol. The minimum atomic E-state index is -0.342. The molecule has 1 heterocycles. The molecule has 1 saturated heterocycles. The molecule has 0 N–H and O–H groups in total. The van der Waals surface area contributed by atoms with Crippen LogP contribution in [-0.2, 0) is 14.4 Å². The highest BCUT2D eigenvalue weighted by molar-refractivity contribution is 6.07. The van der Waals surface area contributed by atoms with Crippen molar-refractivity contribution in [2.75, 3.05) is 6.54 Å². The third-order valence-corrected chi connectivity index (χ3v) is 3.57. The Bertz CT molecular complexity index is 337. The zero-order valence-electron chi connectivity index (χ0n) is 9.57. The fraction of sp³-hybridized carbons (Fsp3) is 0.750.